The van der Waals surface area contributed by atoms with E-state index in [1.807, 2.05) is 11.3 Å². The first-order valence-electron chi connectivity index (χ1n) is 5.97. The van der Waals surface area contributed by atoms with E-state index < -0.39 is 0 Å². The third kappa shape index (κ3) is 3.76. The van der Waals surface area contributed by atoms with E-state index in [1.165, 1.54) is 10.5 Å². The summed E-state index contributed by atoms with van der Waals surface area (Å²) in [5.41, 5.74) is 1.33. The summed E-state index contributed by atoms with van der Waals surface area (Å²) in [4.78, 5) is 1.42. The van der Waals surface area contributed by atoms with Gasteiger partial charge in [0.25, 0.3) is 0 Å². The van der Waals surface area contributed by atoms with Crippen molar-refractivity contribution in [3.8, 4) is 0 Å². The van der Waals surface area contributed by atoms with Crippen molar-refractivity contribution in [3.63, 3.8) is 0 Å². The molecule has 0 radical (unpaired) electrons. The van der Waals surface area contributed by atoms with Crippen LogP contribution in [0.15, 0.2) is 29.7 Å². The number of hydrogen-bond donors (Lipinski definition) is 1. The van der Waals surface area contributed by atoms with Crippen LogP contribution in [-0.4, -0.2) is 12.6 Å². The Morgan fingerprint density at radius 1 is 1.38 bits per heavy atom. The molecule has 0 aromatic carbocycles. The summed E-state index contributed by atoms with van der Waals surface area (Å²) < 4.78 is 0. The fourth-order valence-corrected chi connectivity index (χ4v) is 2.53. The lowest BCUT2D eigenvalue weighted by Gasteiger charge is -2.23. The molecule has 1 N–H and O–H groups in total. The maximum atomic E-state index is 4.26. The van der Waals surface area contributed by atoms with Gasteiger partial charge in [0.05, 0.1) is 0 Å². The summed E-state index contributed by atoms with van der Waals surface area (Å²) in [6.45, 7) is 14.1. The standard InChI is InChI=1S/C14H23NS/c1-10(2)12(5)13(9-15-11(3)4)14-7-6-8-16-14/h6-8,10-11,13,15H,5,9H2,1-4H3/t13-/m0/s1. The van der Waals surface area contributed by atoms with Gasteiger partial charge in [0.1, 0.15) is 0 Å². The number of rotatable bonds is 6. The zero-order chi connectivity index (χ0) is 12.1. The Hall–Kier alpha value is -0.600. The first kappa shape index (κ1) is 13.5. The van der Waals surface area contributed by atoms with E-state index in [0.29, 0.717) is 17.9 Å². The zero-order valence-corrected chi connectivity index (χ0v) is 11.6. The Balaban J connectivity index is 2.74. The van der Waals surface area contributed by atoms with E-state index in [9.17, 15) is 0 Å². The highest BCUT2D eigenvalue weighted by atomic mass is 32.1. The summed E-state index contributed by atoms with van der Waals surface area (Å²) in [6, 6.07) is 4.86. The van der Waals surface area contributed by atoms with Crippen LogP contribution >= 0.6 is 11.3 Å². The van der Waals surface area contributed by atoms with Gasteiger partial charge in [-0.05, 0) is 17.4 Å². The average Bonchev–Trinajstić information content (AvgIpc) is 2.70. The molecule has 1 aromatic heterocycles. The molecule has 0 aliphatic carbocycles. The molecule has 16 heavy (non-hydrogen) atoms. The van der Waals surface area contributed by atoms with E-state index in [2.05, 4.69) is 57.1 Å². The molecule has 1 heterocycles. The molecular formula is C14H23NS. The molecule has 90 valence electrons. The smallest absolute Gasteiger partial charge is 0.0267 e. The van der Waals surface area contributed by atoms with Gasteiger partial charge < -0.3 is 5.32 Å². The van der Waals surface area contributed by atoms with Crippen molar-refractivity contribution in [1.82, 2.24) is 5.32 Å². The fourth-order valence-electron chi connectivity index (χ4n) is 1.66. The summed E-state index contributed by atoms with van der Waals surface area (Å²) in [5, 5.41) is 5.66. The van der Waals surface area contributed by atoms with Crippen LogP contribution in [0, 0.1) is 5.92 Å². The molecule has 0 saturated heterocycles. The summed E-state index contributed by atoms with van der Waals surface area (Å²) in [7, 11) is 0. The topological polar surface area (TPSA) is 12.0 Å². The minimum atomic E-state index is 0.461. The van der Waals surface area contributed by atoms with Crippen molar-refractivity contribution in [1.29, 1.82) is 0 Å². The molecule has 1 atom stereocenters. The van der Waals surface area contributed by atoms with E-state index >= 15 is 0 Å². The van der Waals surface area contributed by atoms with Crippen molar-refractivity contribution in [2.75, 3.05) is 6.54 Å². The molecule has 0 aliphatic rings. The third-order valence-electron chi connectivity index (χ3n) is 2.81. The maximum Gasteiger partial charge on any atom is 0.0267 e. The molecule has 0 bridgehead atoms. The SMILES string of the molecule is C=C(C(C)C)[C@H](CNC(C)C)c1cccs1. The lowest BCUT2D eigenvalue weighted by molar-refractivity contribution is 0.539. The van der Waals surface area contributed by atoms with E-state index in [1.54, 1.807) is 0 Å². The maximum absolute atomic E-state index is 4.26. The van der Waals surface area contributed by atoms with Crippen molar-refractivity contribution < 1.29 is 0 Å². The van der Waals surface area contributed by atoms with Crippen LogP contribution in [0.25, 0.3) is 0 Å². The number of thiophene rings is 1. The van der Waals surface area contributed by atoms with E-state index in [-0.39, 0.29) is 0 Å². The molecule has 0 saturated carbocycles. The minimum Gasteiger partial charge on any atom is -0.314 e. The molecule has 0 fully saturated rings. The Bertz CT molecular complexity index is 311. The lowest BCUT2D eigenvalue weighted by atomic mass is 9.90. The van der Waals surface area contributed by atoms with E-state index in [4.69, 9.17) is 0 Å². The van der Waals surface area contributed by atoms with Gasteiger partial charge in [0, 0.05) is 23.4 Å². The summed E-state index contributed by atoms with van der Waals surface area (Å²) in [5.74, 6) is 1.00. The van der Waals surface area contributed by atoms with Crippen LogP contribution in [0.2, 0.25) is 0 Å². The third-order valence-corrected chi connectivity index (χ3v) is 3.79. The molecule has 1 nitrogen and oxygen atoms in total. The molecule has 0 unspecified atom stereocenters. The van der Waals surface area contributed by atoms with Crippen molar-refractivity contribution >= 4 is 11.3 Å². The van der Waals surface area contributed by atoms with Crippen LogP contribution in [0.5, 0.6) is 0 Å². The monoisotopic (exact) mass is 237 g/mol. The highest BCUT2D eigenvalue weighted by Crippen LogP contribution is 2.30. The number of nitrogens with one attached hydrogen (secondary N) is 1. The lowest BCUT2D eigenvalue weighted by Crippen LogP contribution is -2.29. The second-order valence-corrected chi connectivity index (χ2v) is 5.84. The molecule has 0 spiro atoms. The van der Waals surface area contributed by atoms with Gasteiger partial charge in [-0.1, -0.05) is 45.9 Å². The van der Waals surface area contributed by atoms with Crippen molar-refractivity contribution in [2.45, 2.75) is 39.7 Å². The average molecular weight is 237 g/mol. The van der Waals surface area contributed by atoms with E-state index in [0.717, 1.165) is 6.54 Å². The molecule has 0 amide bonds. The van der Waals surface area contributed by atoms with Gasteiger partial charge >= 0.3 is 0 Å². The van der Waals surface area contributed by atoms with Crippen molar-refractivity contribution in [2.24, 2.45) is 5.92 Å². The van der Waals surface area contributed by atoms with Crippen molar-refractivity contribution in [3.05, 3.63) is 34.5 Å². The van der Waals surface area contributed by atoms with Gasteiger partial charge in [-0.15, -0.1) is 11.3 Å². The highest BCUT2D eigenvalue weighted by molar-refractivity contribution is 7.10. The first-order chi connectivity index (χ1) is 7.52. The molecule has 2 heteroatoms. The molecular weight excluding hydrogens is 214 g/mol. The summed E-state index contributed by atoms with van der Waals surface area (Å²) in [6.07, 6.45) is 0. The number of hydrogen-bond acceptors (Lipinski definition) is 2. The van der Waals surface area contributed by atoms with Gasteiger partial charge in [0.2, 0.25) is 0 Å². The molecule has 1 aromatic rings. The normalized spacial score (nSPS) is 13.4. The summed E-state index contributed by atoms with van der Waals surface area (Å²) >= 11 is 1.83. The Kier molecular flexibility index (Phi) is 5.23. The van der Waals surface area contributed by atoms with Gasteiger partial charge in [-0.3, -0.25) is 0 Å². The highest BCUT2D eigenvalue weighted by Gasteiger charge is 2.18. The Morgan fingerprint density at radius 2 is 2.06 bits per heavy atom. The van der Waals surface area contributed by atoms with Crippen LogP contribution in [-0.2, 0) is 0 Å². The fraction of sp³-hybridized carbons (Fsp3) is 0.571. The Morgan fingerprint density at radius 3 is 2.50 bits per heavy atom. The second kappa shape index (κ2) is 6.21. The van der Waals surface area contributed by atoms with Gasteiger partial charge in [0.15, 0.2) is 0 Å². The molecule has 1 rings (SSSR count). The minimum absolute atomic E-state index is 0.461. The van der Waals surface area contributed by atoms with Crippen LogP contribution < -0.4 is 5.32 Å². The van der Waals surface area contributed by atoms with Crippen LogP contribution in [0.4, 0.5) is 0 Å². The second-order valence-electron chi connectivity index (χ2n) is 4.86. The predicted octanol–water partition coefficient (Wildman–Crippen LogP) is 4.04. The predicted molar refractivity (Wildman–Crippen MR) is 74.2 cm³/mol. The van der Waals surface area contributed by atoms with Gasteiger partial charge in [-0.25, -0.2) is 0 Å². The molecule has 0 aliphatic heterocycles. The van der Waals surface area contributed by atoms with Gasteiger partial charge in [-0.2, -0.15) is 0 Å². The van der Waals surface area contributed by atoms with Crippen LogP contribution in [0.1, 0.15) is 38.5 Å². The zero-order valence-electron chi connectivity index (χ0n) is 10.8. The largest absolute Gasteiger partial charge is 0.314 e. The Labute approximate surface area is 104 Å². The first-order valence-corrected chi connectivity index (χ1v) is 6.85. The quantitative estimate of drug-likeness (QED) is 0.736. The van der Waals surface area contributed by atoms with Crippen LogP contribution in [0.3, 0.4) is 0 Å².